The molecule has 3 heteroatoms. The van der Waals surface area contributed by atoms with Crippen LogP contribution in [0.4, 0.5) is 5.69 Å². The standard InChI is InChI=1S/C14H21NO2/c1-10(2)14(9-16-3)15-13-5-4-11-7-17-8-12(11)6-13/h4-6,10,14-15H,7-9H2,1-3H3. The molecule has 0 radical (unpaired) electrons. The molecule has 1 aliphatic rings. The monoisotopic (exact) mass is 235 g/mol. The molecule has 0 amide bonds. The van der Waals surface area contributed by atoms with Crippen molar-refractivity contribution < 1.29 is 9.47 Å². The fourth-order valence-electron chi connectivity index (χ4n) is 2.06. The number of fused-ring (bicyclic) bond motifs is 1. The van der Waals surface area contributed by atoms with Crippen LogP contribution in [0.1, 0.15) is 25.0 Å². The number of hydrogen-bond donors (Lipinski definition) is 1. The number of benzene rings is 1. The Morgan fingerprint density at radius 1 is 1.29 bits per heavy atom. The van der Waals surface area contributed by atoms with E-state index in [0.29, 0.717) is 12.0 Å². The van der Waals surface area contributed by atoms with Gasteiger partial charge in [0.2, 0.25) is 0 Å². The minimum Gasteiger partial charge on any atom is -0.383 e. The van der Waals surface area contributed by atoms with Gasteiger partial charge in [0, 0.05) is 12.8 Å². The lowest BCUT2D eigenvalue weighted by atomic mass is 10.0. The van der Waals surface area contributed by atoms with Gasteiger partial charge in [0.15, 0.2) is 0 Å². The largest absolute Gasteiger partial charge is 0.383 e. The molecule has 17 heavy (non-hydrogen) atoms. The number of ether oxygens (including phenoxy) is 2. The van der Waals surface area contributed by atoms with E-state index in [1.807, 2.05) is 0 Å². The van der Waals surface area contributed by atoms with E-state index in [1.165, 1.54) is 11.1 Å². The smallest absolute Gasteiger partial charge is 0.0725 e. The predicted octanol–water partition coefficient (Wildman–Crippen LogP) is 2.80. The average Bonchev–Trinajstić information content (AvgIpc) is 2.75. The maximum Gasteiger partial charge on any atom is 0.0725 e. The molecule has 1 aromatic rings. The molecule has 0 aromatic heterocycles. The molecule has 1 N–H and O–H groups in total. The maximum absolute atomic E-state index is 5.42. The Balaban J connectivity index is 2.07. The van der Waals surface area contributed by atoms with Crippen LogP contribution >= 0.6 is 0 Å². The Kier molecular flexibility index (Phi) is 4.02. The van der Waals surface area contributed by atoms with E-state index in [-0.39, 0.29) is 0 Å². The molecular formula is C14H21NO2. The molecule has 0 bridgehead atoms. The zero-order chi connectivity index (χ0) is 12.3. The first-order valence-corrected chi connectivity index (χ1v) is 6.15. The van der Waals surface area contributed by atoms with Gasteiger partial charge in [0.25, 0.3) is 0 Å². The number of methoxy groups -OCH3 is 1. The maximum atomic E-state index is 5.42. The Morgan fingerprint density at radius 3 is 2.76 bits per heavy atom. The van der Waals surface area contributed by atoms with Crippen LogP contribution in [0.15, 0.2) is 18.2 Å². The van der Waals surface area contributed by atoms with Gasteiger partial charge in [-0.15, -0.1) is 0 Å². The van der Waals surface area contributed by atoms with E-state index in [0.717, 1.165) is 25.5 Å². The van der Waals surface area contributed by atoms with Crippen LogP contribution < -0.4 is 5.32 Å². The van der Waals surface area contributed by atoms with Gasteiger partial charge in [-0.1, -0.05) is 19.9 Å². The van der Waals surface area contributed by atoms with Gasteiger partial charge >= 0.3 is 0 Å². The minimum absolute atomic E-state index is 0.348. The van der Waals surface area contributed by atoms with Crippen molar-refractivity contribution in [1.29, 1.82) is 0 Å². The normalized spacial score (nSPS) is 16.0. The second-order valence-corrected chi connectivity index (χ2v) is 4.93. The highest BCUT2D eigenvalue weighted by Gasteiger charge is 2.15. The Hall–Kier alpha value is -1.06. The lowest BCUT2D eigenvalue weighted by molar-refractivity contribution is 0.134. The van der Waals surface area contributed by atoms with E-state index < -0.39 is 0 Å². The van der Waals surface area contributed by atoms with Crippen molar-refractivity contribution in [2.24, 2.45) is 5.92 Å². The summed E-state index contributed by atoms with van der Waals surface area (Å²) in [7, 11) is 1.74. The summed E-state index contributed by atoms with van der Waals surface area (Å²) in [5.41, 5.74) is 3.77. The second kappa shape index (κ2) is 5.52. The zero-order valence-electron chi connectivity index (χ0n) is 10.8. The third-order valence-corrected chi connectivity index (χ3v) is 3.22. The molecule has 0 saturated heterocycles. The van der Waals surface area contributed by atoms with Gasteiger partial charge in [0.05, 0.1) is 25.9 Å². The van der Waals surface area contributed by atoms with Crippen molar-refractivity contribution in [3.63, 3.8) is 0 Å². The van der Waals surface area contributed by atoms with Crippen molar-refractivity contribution in [1.82, 2.24) is 0 Å². The van der Waals surface area contributed by atoms with E-state index in [2.05, 4.69) is 37.4 Å². The minimum atomic E-state index is 0.348. The summed E-state index contributed by atoms with van der Waals surface area (Å²) in [6.07, 6.45) is 0. The quantitative estimate of drug-likeness (QED) is 0.851. The van der Waals surface area contributed by atoms with Crippen LogP contribution in [0.5, 0.6) is 0 Å². The topological polar surface area (TPSA) is 30.5 Å². The molecule has 1 atom stereocenters. The molecule has 3 nitrogen and oxygen atoms in total. The molecule has 2 rings (SSSR count). The van der Waals surface area contributed by atoms with Crippen molar-refractivity contribution in [3.8, 4) is 0 Å². The van der Waals surface area contributed by atoms with E-state index >= 15 is 0 Å². The zero-order valence-corrected chi connectivity index (χ0v) is 10.8. The van der Waals surface area contributed by atoms with Crippen LogP contribution in [0, 0.1) is 5.92 Å². The van der Waals surface area contributed by atoms with Crippen LogP contribution in [0.25, 0.3) is 0 Å². The van der Waals surface area contributed by atoms with E-state index in [1.54, 1.807) is 7.11 Å². The highest BCUT2D eigenvalue weighted by Crippen LogP contribution is 2.24. The molecule has 94 valence electrons. The summed E-state index contributed by atoms with van der Waals surface area (Å²) in [5.74, 6) is 0.541. The summed E-state index contributed by atoms with van der Waals surface area (Å²) in [5, 5.41) is 3.53. The Morgan fingerprint density at radius 2 is 2.06 bits per heavy atom. The number of hydrogen-bond acceptors (Lipinski definition) is 3. The summed E-state index contributed by atoms with van der Waals surface area (Å²) in [6, 6.07) is 6.81. The number of anilines is 1. The fraction of sp³-hybridized carbons (Fsp3) is 0.571. The van der Waals surface area contributed by atoms with Crippen molar-refractivity contribution in [3.05, 3.63) is 29.3 Å². The highest BCUT2D eigenvalue weighted by molar-refractivity contribution is 5.50. The number of rotatable bonds is 5. The second-order valence-electron chi connectivity index (χ2n) is 4.93. The number of nitrogens with one attached hydrogen (secondary N) is 1. The van der Waals surface area contributed by atoms with Crippen molar-refractivity contribution in [2.75, 3.05) is 19.0 Å². The lowest BCUT2D eigenvalue weighted by Gasteiger charge is -2.23. The fourth-order valence-corrected chi connectivity index (χ4v) is 2.06. The Labute approximate surface area is 103 Å². The third kappa shape index (κ3) is 2.99. The molecular weight excluding hydrogens is 214 g/mol. The first-order chi connectivity index (χ1) is 8.20. The van der Waals surface area contributed by atoms with Gasteiger partial charge in [-0.25, -0.2) is 0 Å². The first-order valence-electron chi connectivity index (χ1n) is 6.15. The van der Waals surface area contributed by atoms with Gasteiger partial charge in [-0.2, -0.15) is 0 Å². The summed E-state index contributed by atoms with van der Waals surface area (Å²) < 4.78 is 10.7. The van der Waals surface area contributed by atoms with Crippen molar-refractivity contribution in [2.45, 2.75) is 33.1 Å². The summed E-state index contributed by atoms with van der Waals surface area (Å²) in [6.45, 7) is 6.62. The molecule has 0 aliphatic carbocycles. The molecule has 1 aromatic carbocycles. The van der Waals surface area contributed by atoms with Crippen LogP contribution in [0.2, 0.25) is 0 Å². The average molecular weight is 235 g/mol. The third-order valence-electron chi connectivity index (χ3n) is 3.22. The Bertz CT molecular complexity index is 376. The van der Waals surface area contributed by atoms with Crippen LogP contribution in [0.3, 0.4) is 0 Å². The first kappa shape index (κ1) is 12.4. The molecule has 0 fully saturated rings. The van der Waals surface area contributed by atoms with Gasteiger partial charge in [0.1, 0.15) is 0 Å². The molecule has 1 unspecified atom stereocenters. The molecule has 0 saturated carbocycles. The van der Waals surface area contributed by atoms with Gasteiger partial charge < -0.3 is 14.8 Å². The lowest BCUT2D eigenvalue weighted by Crippen LogP contribution is -2.30. The van der Waals surface area contributed by atoms with Gasteiger partial charge in [-0.05, 0) is 29.2 Å². The van der Waals surface area contributed by atoms with E-state index in [4.69, 9.17) is 9.47 Å². The van der Waals surface area contributed by atoms with Gasteiger partial charge in [-0.3, -0.25) is 0 Å². The highest BCUT2D eigenvalue weighted by atomic mass is 16.5. The molecule has 1 heterocycles. The van der Waals surface area contributed by atoms with E-state index in [9.17, 15) is 0 Å². The summed E-state index contributed by atoms with van der Waals surface area (Å²) in [4.78, 5) is 0. The SMILES string of the molecule is COCC(Nc1ccc2c(c1)COC2)C(C)C. The summed E-state index contributed by atoms with van der Waals surface area (Å²) >= 11 is 0. The van der Waals surface area contributed by atoms with Crippen LogP contribution in [-0.2, 0) is 22.7 Å². The molecule has 0 spiro atoms. The molecule has 1 aliphatic heterocycles. The van der Waals surface area contributed by atoms with Crippen LogP contribution in [-0.4, -0.2) is 19.8 Å². The predicted molar refractivity (Wildman–Crippen MR) is 69.1 cm³/mol. The van der Waals surface area contributed by atoms with Crippen molar-refractivity contribution >= 4 is 5.69 Å².